The van der Waals surface area contributed by atoms with Gasteiger partial charge in [0, 0.05) is 0 Å². The number of nitrogen functional groups attached to an aromatic ring is 2. The zero-order valence-electron chi connectivity index (χ0n) is 7.94. The highest BCUT2D eigenvalue weighted by atomic mass is 32.2. The SMILES string of the molecule is Nc1cc(CC2CCSC2)nnc1N. The van der Waals surface area contributed by atoms with Crippen LogP contribution in [0.3, 0.4) is 0 Å². The van der Waals surface area contributed by atoms with Gasteiger partial charge in [-0.3, -0.25) is 0 Å². The molecule has 1 saturated heterocycles. The minimum Gasteiger partial charge on any atom is -0.396 e. The molecule has 2 heterocycles. The number of rotatable bonds is 2. The lowest BCUT2D eigenvalue weighted by Crippen LogP contribution is -2.08. The summed E-state index contributed by atoms with van der Waals surface area (Å²) < 4.78 is 0. The fourth-order valence-corrected chi connectivity index (χ4v) is 2.88. The van der Waals surface area contributed by atoms with Gasteiger partial charge in [-0.05, 0) is 36.3 Å². The Bertz CT molecular complexity index is 323. The van der Waals surface area contributed by atoms with Gasteiger partial charge in [0.1, 0.15) is 0 Å². The van der Waals surface area contributed by atoms with Crippen molar-refractivity contribution in [3.63, 3.8) is 0 Å². The number of nitrogens with two attached hydrogens (primary N) is 2. The number of thioether (sulfide) groups is 1. The predicted molar refractivity (Wildman–Crippen MR) is 60.0 cm³/mol. The third kappa shape index (κ3) is 2.09. The Morgan fingerprint density at radius 1 is 1.43 bits per heavy atom. The molecule has 1 atom stereocenters. The molecule has 0 saturated carbocycles. The van der Waals surface area contributed by atoms with Crippen LogP contribution >= 0.6 is 11.8 Å². The standard InChI is InChI=1S/C9H14N4S/c10-8-4-7(12-13-9(8)11)3-6-1-2-14-5-6/h4,6H,1-3,5H2,(H2,10,12)(H2,11,13). The number of hydrogen-bond donors (Lipinski definition) is 2. The van der Waals surface area contributed by atoms with E-state index in [-0.39, 0.29) is 0 Å². The van der Waals surface area contributed by atoms with Gasteiger partial charge < -0.3 is 11.5 Å². The first-order chi connectivity index (χ1) is 6.75. The van der Waals surface area contributed by atoms with Gasteiger partial charge >= 0.3 is 0 Å². The highest BCUT2D eigenvalue weighted by molar-refractivity contribution is 7.99. The second kappa shape index (κ2) is 4.04. The molecular weight excluding hydrogens is 196 g/mol. The molecule has 1 fully saturated rings. The van der Waals surface area contributed by atoms with Gasteiger partial charge in [-0.2, -0.15) is 16.9 Å². The van der Waals surface area contributed by atoms with Gasteiger partial charge in [-0.15, -0.1) is 5.10 Å². The van der Waals surface area contributed by atoms with Crippen molar-refractivity contribution in [1.82, 2.24) is 10.2 Å². The third-order valence-corrected chi connectivity index (χ3v) is 3.66. The molecular formula is C9H14N4S. The molecule has 1 aliphatic rings. The average molecular weight is 210 g/mol. The Labute approximate surface area is 87.5 Å². The molecule has 0 spiro atoms. The van der Waals surface area contributed by atoms with Crippen molar-refractivity contribution in [2.75, 3.05) is 23.0 Å². The molecule has 0 radical (unpaired) electrons. The van der Waals surface area contributed by atoms with Crippen LogP contribution in [0, 0.1) is 5.92 Å². The van der Waals surface area contributed by atoms with Crippen LogP contribution in [0.2, 0.25) is 0 Å². The Balaban J connectivity index is 2.05. The third-order valence-electron chi connectivity index (χ3n) is 2.43. The van der Waals surface area contributed by atoms with E-state index < -0.39 is 0 Å². The Morgan fingerprint density at radius 2 is 2.29 bits per heavy atom. The van der Waals surface area contributed by atoms with E-state index in [0.29, 0.717) is 11.5 Å². The minimum atomic E-state index is 0.328. The molecule has 1 aromatic rings. The van der Waals surface area contributed by atoms with Gasteiger partial charge in [-0.25, -0.2) is 0 Å². The normalized spacial score (nSPS) is 21.3. The van der Waals surface area contributed by atoms with E-state index in [1.54, 1.807) is 0 Å². The highest BCUT2D eigenvalue weighted by Crippen LogP contribution is 2.26. The first kappa shape index (κ1) is 9.58. The van der Waals surface area contributed by atoms with Crippen LogP contribution in [0.25, 0.3) is 0 Å². The molecule has 0 bridgehead atoms. The summed E-state index contributed by atoms with van der Waals surface area (Å²) >= 11 is 2.00. The van der Waals surface area contributed by atoms with Crippen molar-refractivity contribution in [2.45, 2.75) is 12.8 Å². The summed E-state index contributed by atoms with van der Waals surface area (Å²) in [5, 5.41) is 7.86. The van der Waals surface area contributed by atoms with E-state index >= 15 is 0 Å². The monoisotopic (exact) mass is 210 g/mol. The lowest BCUT2D eigenvalue weighted by atomic mass is 10.0. The van der Waals surface area contributed by atoms with E-state index in [1.807, 2.05) is 17.8 Å². The smallest absolute Gasteiger partial charge is 0.169 e. The summed E-state index contributed by atoms with van der Waals surface area (Å²) in [5.74, 6) is 3.56. The lowest BCUT2D eigenvalue weighted by Gasteiger charge is -2.07. The van der Waals surface area contributed by atoms with Gasteiger partial charge in [0.2, 0.25) is 0 Å². The Hall–Kier alpha value is -0.970. The first-order valence-electron chi connectivity index (χ1n) is 4.71. The van der Waals surface area contributed by atoms with Crippen LogP contribution < -0.4 is 11.5 Å². The molecule has 5 heteroatoms. The molecule has 4 nitrogen and oxygen atoms in total. The van der Waals surface area contributed by atoms with E-state index in [4.69, 9.17) is 11.5 Å². The quantitative estimate of drug-likeness (QED) is 0.759. The average Bonchev–Trinajstić information content (AvgIpc) is 2.64. The van der Waals surface area contributed by atoms with Crippen LogP contribution in [0.5, 0.6) is 0 Å². The van der Waals surface area contributed by atoms with Crippen molar-refractivity contribution in [2.24, 2.45) is 5.92 Å². The van der Waals surface area contributed by atoms with Crippen LogP contribution in [-0.2, 0) is 6.42 Å². The van der Waals surface area contributed by atoms with E-state index in [9.17, 15) is 0 Å². The van der Waals surface area contributed by atoms with Gasteiger partial charge in [-0.1, -0.05) is 0 Å². The van der Waals surface area contributed by atoms with Crippen molar-refractivity contribution < 1.29 is 0 Å². The summed E-state index contributed by atoms with van der Waals surface area (Å²) in [4.78, 5) is 0. The molecule has 14 heavy (non-hydrogen) atoms. The van der Waals surface area contributed by atoms with Crippen LogP contribution in [0.4, 0.5) is 11.5 Å². The number of hydrogen-bond acceptors (Lipinski definition) is 5. The van der Waals surface area contributed by atoms with Gasteiger partial charge in [0.05, 0.1) is 11.4 Å². The lowest BCUT2D eigenvalue weighted by molar-refractivity contribution is 0.582. The fraction of sp³-hybridized carbons (Fsp3) is 0.556. The maximum absolute atomic E-state index is 5.66. The summed E-state index contributed by atoms with van der Waals surface area (Å²) in [5.41, 5.74) is 12.7. The van der Waals surface area contributed by atoms with Gasteiger partial charge in [0.15, 0.2) is 5.82 Å². The minimum absolute atomic E-state index is 0.328. The molecule has 0 aliphatic carbocycles. The predicted octanol–water partition coefficient (Wildman–Crippen LogP) is 0.937. The molecule has 1 unspecified atom stereocenters. The summed E-state index contributed by atoms with van der Waals surface area (Å²) in [6.45, 7) is 0. The van der Waals surface area contributed by atoms with Crippen molar-refractivity contribution in [1.29, 1.82) is 0 Å². The second-order valence-corrected chi connectivity index (χ2v) is 4.76. The van der Waals surface area contributed by atoms with Gasteiger partial charge in [0.25, 0.3) is 0 Å². The molecule has 76 valence electrons. The van der Waals surface area contributed by atoms with Crippen molar-refractivity contribution in [3.05, 3.63) is 11.8 Å². The van der Waals surface area contributed by atoms with E-state index in [0.717, 1.165) is 18.0 Å². The molecule has 0 aromatic carbocycles. The maximum Gasteiger partial charge on any atom is 0.169 e. The molecule has 2 rings (SSSR count). The largest absolute Gasteiger partial charge is 0.396 e. The highest BCUT2D eigenvalue weighted by Gasteiger charge is 2.16. The number of aromatic nitrogens is 2. The molecule has 0 amide bonds. The first-order valence-corrected chi connectivity index (χ1v) is 5.86. The van der Waals surface area contributed by atoms with Crippen molar-refractivity contribution in [3.8, 4) is 0 Å². The summed E-state index contributed by atoms with van der Waals surface area (Å²) in [6.07, 6.45) is 2.25. The van der Waals surface area contributed by atoms with Crippen LogP contribution in [0.1, 0.15) is 12.1 Å². The summed E-state index contributed by atoms with van der Waals surface area (Å²) in [6, 6.07) is 1.84. The van der Waals surface area contributed by atoms with E-state index in [2.05, 4.69) is 10.2 Å². The Kier molecular flexibility index (Phi) is 2.77. The van der Waals surface area contributed by atoms with Crippen molar-refractivity contribution >= 4 is 23.3 Å². The summed E-state index contributed by atoms with van der Waals surface area (Å²) in [7, 11) is 0. The number of nitrogens with zero attached hydrogens (tertiary/aromatic N) is 2. The topological polar surface area (TPSA) is 77.8 Å². The zero-order chi connectivity index (χ0) is 9.97. The maximum atomic E-state index is 5.66. The Morgan fingerprint density at radius 3 is 2.93 bits per heavy atom. The second-order valence-electron chi connectivity index (χ2n) is 3.61. The number of anilines is 2. The fourth-order valence-electron chi connectivity index (χ4n) is 1.60. The molecule has 4 N–H and O–H groups in total. The van der Waals surface area contributed by atoms with Crippen LogP contribution in [0.15, 0.2) is 6.07 Å². The zero-order valence-corrected chi connectivity index (χ0v) is 8.76. The van der Waals surface area contributed by atoms with E-state index in [1.165, 1.54) is 17.9 Å². The molecule has 1 aromatic heterocycles. The molecule has 1 aliphatic heterocycles. The van der Waals surface area contributed by atoms with Crippen LogP contribution in [-0.4, -0.2) is 21.7 Å².